The van der Waals surface area contributed by atoms with E-state index in [4.69, 9.17) is 1.37 Å². The molecule has 0 spiro atoms. The Kier molecular flexibility index (Phi) is 2.49. The fourth-order valence-corrected chi connectivity index (χ4v) is 0.582. The van der Waals surface area contributed by atoms with Crippen molar-refractivity contribution in [2.45, 2.75) is 13.8 Å². The van der Waals surface area contributed by atoms with Gasteiger partial charge in [-0.15, -0.1) is 0 Å². The Morgan fingerprint density at radius 3 is 2.50 bits per heavy atom. The first-order valence-corrected chi connectivity index (χ1v) is 3.27. The minimum Gasteiger partial charge on any atom is -0.348 e. The van der Waals surface area contributed by atoms with Crippen molar-refractivity contribution in [3.63, 3.8) is 0 Å². The molecule has 0 aliphatic rings. The summed E-state index contributed by atoms with van der Waals surface area (Å²) in [6, 6.07) is 0. The zero-order valence-corrected chi connectivity index (χ0v) is 7.01. The number of carbonyl (C=O) groups is 1. The van der Waals surface area contributed by atoms with Crippen molar-refractivity contribution in [2.75, 3.05) is 14.1 Å². The summed E-state index contributed by atoms with van der Waals surface area (Å²) < 4.78 is 6.94. The normalized spacial score (nSPS) is 16.0. The van der Waals surface area contributed by atoms with Crippen molar-refractivity contribution in [2.24, 2.45) is 5.92 Å². The summed E-state index contributed by atoms with van der Waals surface area (Å²) in [6.07, 6.45) is 0. The lowest BCUT2D eigenvalue weighted by Gasteiger charge is -2.16. The third-order valence-corrected chi connectivity index (χ3v) is 1.49. The fourth-order valence-electron chi connectivity index (χ4n) is 0.582. The quantitative estimate of drug-likeness (QED) is 0.532. The molecule has 58 valence electrons. The summed E-state index contributed by atoms with van der Waals surface area (Å²) in [4.78, 5) is 12.8. The predicted molar refractivity (Wildman–Crippen MR) is 42.7 cm³/mol. The molecule has 0 radical (unpaired) electrons. The van der Waals surface area contributed by atoms with Gasteiger partial charge in [0.15, 0.2) is 0 Å². The lowest BCUT2D eigenvalue weighted by Crippen LogP contribution is -2.28. The lowest BCUT2D eigenvalue weighted by atomic mass is 10.0. The van der Waals surface area contributed by atoms with Gasteiger partial charge in [0.05, 0.1) is 7.29 Å². The standard InChI is InChI=1S/C8H15NO/c1-6(2)7(3)8(10)9(4)5/h7H,1H2,2-5H3/i1D. The molecule has 0 saturated carbocycles. The van der Waals surface area contributed by atoms with E-state index in [0.717, 1.165) is 5.57 Å². The van der Waals surface area contributed by atoms with E-state index in [2.05, 4.69) is 0 Å². The highest BCUT2D eigenvalue weighted by atomic mass is 16.2. The lowest BCUT2D eigenvalue weighted by molar-refractivity contribution is -0.131. The van der Waals surface area contributed by atoms with Crippen molar-refractivity contribution in [1.29, 1.82) is 0 Å². The highest BCUT2D eigenvalue weighted by Crippen LogP contribution is 2.08. The molecule has 0 aromatic carbocycles. The number of hydrogen-bond donors (Lipinski definition) is 0. The average molecular weight is 142 g/mol. The fraction of sp³-hybridized carbons (Fsp3) is 0.625. The third-order valence-electron chi connectivity index (χ3n) is 1.49. The van der Waals surface area contributed by atoms with Gasteiger partial charge in [-0.3, -0.25) is 4.79 Å². The number of nitrogens with zero attached hydrogens (tertiary/aromatic N) is 1. The molecule has 0 heterocycles. The van der Waals surface area contributed by atoms with E-state index >= 15 is 0 Å². The van der Waals surface area contributed by atoms with Crippen LogP contribution in [0.1, 0.15) is 15.2 Å². The topological polar surface area (TPSA) is 20.3 Å². The monoisotopic (exact) mass is 142 g/mol. The largest absolute Gasteiger partial charge is 0.348 e. The summed E-state index contributed by atoms with van der Waals surface area (Å²) >= 11 is 0. The predicted octanol–water partition coefficient (Wildman–Crippen LogP) is 1.29. The van der Waals surface area contributed by atoms with E-state index in [1.165, 1.54) is 11.5 Å². The Morgan fingerprint density at radius 2 is 2.20 bits per heavy atom. The van der Waals surface area contributed by atoms with Crippen molar-refractivity contribution >= 4 is 5.91 Å². The van der Waals surface area contributed by atoms with Crippen molar-refractivity contribution in [3.05, 3.63) is 12.1 Å². The molecule has 0 N–H and O–H groups in total. The maximum atomic E-state index is 11.2. The molecule has 0 bridgehead atoms. The molecule has 0 rings (SSSR count). The van der Waals surface area contributed by atoms with Crippen molar-refractivity contribution < 1.29 is 6.17 Å². The summed E-state index contributed by atoms with van der Waals surface area (Å²) in [7, 11) is 3.44. The van der Waals surface area contributed by atoms with E-state index in [9.17, 15) is 4.79 Å². The molecule has 0 saturated heterocycles. The van der Waals surface area contributed by atoms with E-state index in [1.54, 1.807) is 21.0 Å². The number of rotatable bonds is 2. The van der Waals surface area contributed by atoms with Gasteiger partial charge in [0.1, 0.15) is 0 Å². The van der Waals surface area contributed by atoms with Crippen LogP contribution in [-0.4, -0.2) is 24.9 Å². The van der Waals surface area contributed by atoms with Crippen LogP contribution < -0.4 is 0 Å². The first-order valence-electron chi connectivity index (χ1n) is 3.84. The Hall–Kier alpha value is -0.790. The summed E-state index contributed by atoms with van der Waals surface area (Å²) in [5.41, 5.74) is 0.795. The second-order valence-electron chi connectivity index (χ2n) is 2.70. The smallest absolute Gasteiger partial charge is 0.228 e. The van der Waals surface area contributed by atoms with Crippen LogP contribution >= 0.6 is 0 Å². The van der Waals surface area contributed by atoms with Gasteiger partial charge < -0.3 is 4.90 Å². The Labute approximate surface area is 63.9 Å². The molecule has 1 atom stereocenters. The molecular formula is C8H15NO. The Balaban J connectivity index is 4.25. The average Bonchev–Trinajstić information content (AvgIpc) is 2.00. The molecule has 0 aromatic rings. The molecule has 2 nitrogen and oxygen atoms in total. The molecule has 1 amide bonds. The van der Waals surface area contributed by atoms with Crippen LogP contribution in [0.4, 0.5) is 0 Å². The summed E-state index contributed by atoms with van der Waals surface area (Å²) in [6.45, 7) is 4.83. The highest BCUT2D eigenvalue weighted by molar-refractivity contribution is 5.80. The van der Waals surface area contributed by atoms with Gasteiger partial charge in [-0.05, 0) is 13.8 Å². The van der Waals surface area contributed by atoms with Crippen LogP contribution in [0, 0.1) is 5.92 Å². The second kappa shape index (κ2) is 3.40. The van der Waals surface area contributed by atoms with Crippen LogP contribution in [0.25, 0.3) is 0 Å². The number of hydrogen-bond acceptors (Lipinski definition) is 1. The highest BCUT2D eigenvalue weighted by Gasteiger charge is 2.14. The SMILES string of the molecule is [2H]C=C(C)C(C)C(=O)N(C)C. The van der Waals surface area contributed by atoms with Gasteiger partial charge in [-0.1, -0.05) is 12.1 Å². The van der Waals surface area contributed by atoms with Crippen LogP contribution in [0.5, 0.6) is 0 Å². The van der Waals surface area contributed by atoms with Gasteiger partial charge in [-0.2, -0.15) is 0 Å². The first-order chi connectivity index (χ1) is 5.00. The van der Waals surface area contributed by atoms with Gasteiger partial charge >= 0.3 is 0 Å². The van der Waals surface area contributed by atoms with Gasteiger partial charge in [0.25, 0.3) is 0 Å². The zero-order valence-electron chi connectivity index (χ0n) is 8.01. The number of carbonyl (C=O) groups excluding carboxylic acids is 1. The van der Waals surface area contributed by atoms with E-state index in [1.807, 2.05) is 6.92 Å². The van der Waals surface area contributed by atoms with Crippen LogP contribution in [0.2, 0.25) is 0 Å². The van der Waals surface area contributed by atoms with Gasteiger partial charge in [-0.25, -0.2) is 0 Å². The van der Waals surface area contributed by atoms with Crippen LogP contribution in [-0.2, 0) is 4.79 Å². The molecule has 10 heavy (non-hydrogen) atoms. The maximum absolute atomic E-state index is 11.2. The molecule has 0 fully saturated rings. The van der Waals surface area contributed by atoms with E-state index in [0.29, 0.717) is 0 Å². The Morgan fingerprint density at radius 1 is 1.70 bits per heavy atom. The molecule has 0 aromatic heterocycles. The first kappa shape index (κ1) is 7.32. The molecule has 0 aliphatic heterocycles. The minimum absolute atomic E-state index is 0.0472. The third kappa shape index (κ3) is 2.21. The van der Waals surface area contributed by atoms with E-state index in [-0.39, 0.29) is 11.8 Å². The van der Waals surface area contributed by atoms with Crippen LogP contribution in [0.15, 0.2) is 12.1 Å². The second-order valence-corrected chi connectivity index (χ2v) is 2.70. The van der Waals surface area contributed by atoms with Gasteiger partial charge in [0, 0.05) is 14.1 Å². The molecule has 1 unspecified atom stereocenters. The number of amides is 1. The maximum Gasteiger partial charge on any atom is 0.228 e. The summed E-state index contributed by atoms with van der Waals surface area (Å²) in [5.74, 6) is -0.117. The van der Waals surface area contributed by atoms with Crippen LogP contribution in [0.3, 0.4) is 0 Å². The Bertz CT molecular complexity index is 175. The van der Waals surface area contributed by atoms with E-state index < -0.39 is 0 Å². The minimum atomic E-state index is -0.164. The van der Waals surface area contributed by atoms with Crippen molar-refractivity contribution in [3.8, 4) is 0 Å². The molecule has 2 heteroatoms. The van der Waals surface area contributed by atoms with Gasteiger partial charge in [0.2, 0.25) is 5.91 Å². The molecule has 0 aliphatic carbocycles. The summed E-state index contributed by atoms with van der Waals surface area (Å²) in [5, 5.41) is 0. The van der Waals surface area contributed by atoms with Crippen molar-refractivity contribution in [1.82, 2.24) is 4.90 Å². The zero-order chi connectivity index (χ0) is 9.02. The molecular weight excluding hydrogens is 126 g/mol.